The van der Waals surface area contributed by atoms with Crippen LogP contribution < -0.4 is 25.8 Å². The van der Waals surface area contributed by atoms with Gasteiger partial charge in [0.2, 0.25) is 0 Å². The van der Waals surface area contributed by atoms with E-state index in [-0.39, 0.29) is 36.8 Å². The predicted octanol–water partition coefficient (Wildman–Crippen LogP) is 4.56. The molecule has 0 spiro atoms. The Morgan fingerprint density at radius 1 is 1.08 bits per heavy atom. The number of nitrogens with two attached hydrogens (primary N) is 1. The standard InChI is InChI=1S/C24H23F3N4O5/c1-14-10-15(2-4-20(14)36-17-6-8-29-19(12-17)22(32)33)13-30-23(34)31-18-11-16(24(25,26)27)3-5-21(18)35-9-7-28/h2-6,8,10-12H,7,9,13,28H2,1H3,(H,32,33)(H2,30,31,34). The molecule has 3 rings (SSSR count). The van der Waals surface area contributed by atoms with E-state index in [0.29, 0.717) is 22.6 Å². The molecule has 190 valence electrons. The third kappa shape index (κ3) is 7.09. The third-order valence-electron chi connectivity index (χ3n) is 4.80. The number of rotatable bonds is 9. The number of carboxylic acid groups (broad SMARTS) is 1. The van der Waals surface area contributed by atoms with Crippen molar-refractivity contribution < 1.29 is 37.3 Å². The number of pyridine rings is 1. The highest BCUT2D eigenvalue weighted by Crippen LogP contribution is 2.35. The van der Waals surface area contributed by atoms with E-state index in [9.17, 15) is 22.8 Å². The minimum atomic E-state index is -4.59. The van der Waals surface area contributed by atoms with Crippen molar-refractivity contribution in [3.8, 4) is 17.2 Å². The van der Waals surface area contributed by atoms with Crippen LogP contribution in [-0.2, 0) is 12.7 Å². The molecular weight excluding hydrogens is 481 g/mol. The van der Waals surface area contributed by atoms with Crippen LogP contribution in [-0.4, -0.2) is 35.2 Å². The normalized spacial score (nSPS) is 11.0. The lowest BCUT2D eigenvalue weighted by atomic mass is 10.1. The Kier molecular flexibility index (Phi) is 8.33. The highest BCUT2D eigenvalue weighted by molar-refractivity contribution is 5.91. The average Bonchev–Trinajstić information content (AvgIpc) is 2.83. The first-order valence-electron chi connectivity index (χ1n) is 10.6. The van der Waals surface area contributed by atoms with Gasteiger partial charge in [-0.3, -0.25) is 0 Å². The van der Waals surface area contributed by atoms with Crippen LogP contribution in [0.5, 0.6) is 17.2 Å². The van der Waals surface area contributed by atoms with Crippen LogP contribution in [0.25, 0.3) is 0 Å². The van der Waals surface area contributed by atoms with E-state index in [4.69, 9.17) is 20.3 Å². The summed E-state index contributed by atoms with van der Waals surface area (Å²) in [7, 11) is 0. The van der Waals surface area contributed by atoms with Crippen LogP contribution in [0.4, 0.5) is 23.7 Å². The van der Waals surface area contributed by atoms with Gasteiger partial charge < -0.3 is 30.9 Å². The van der Waals surface area contributed by atoms with E-state index in [0.717, 1.165) is 18.2 Å². The number of amides is 2. The van der Waals surface area contributed by atoms with Gasteiger partial charge in [-0.05, 0) is 48.4 Å². The van der Waals surface area contributed by atoms with Gasteiger partial charge >= 0.3 is 18.2 Å². The van der Waals surface area contributed by atoms with Gasteiger partial charge in [0.05, 0.1) is 11.3 Å². The zero-order valence-electron chi connectivity index (χ0n) is 19.1. The van der Waals surface area contributed by atoms with Gasteiger partial charge in [0.1, 0.15) is 23.9 Å². The van der Waals surface area contributed by atoms with Gasteiger partial charge in [0.15, 0.2) is 5.69 Å². The molecule has 0 fully saturated rings. The molecule has 2 aromatic carbocycles. The van der Waals surface area contributed by atoms with Crippen molar-refractivity contribution in [3.05, 3.63) is 77.1 Å². The number of ether oxygens (including phenoxy) is 2. The summed E-state index contributed by atoms with van der Waals surface area (Å²) in [5, 5.41) is 14.0. The Morgan fingerprint density at radius 3 is 2.50 bits per heavy atom. The van der Waals surface area contributed by atoms with E-state index in [1.807, 2.05) is 0 Å². The van der Waals surface area contributed by atoms with E-state index in [2.05, 4.69) is 15.6 Å². The molecule has 36 heavy (non-hydrogen) atoms. The summed E-state index contributed by atoms with van der Waals surface area (Å²) in [6, 6.07) is 9.92. The first kappa shape index (κ1) is 26.3. The number of carbonyl (C=O) groups is 2. The number of benzene rings is 2. The number of halogens is 3. The molecule has 0 aliphatic heterocycles. The Morgan fingerprint density at radius 2 is 1.83 bits per heavy atom. The van der Waals surface area contributed by atoms with E-state index in [1.165, 1.54) is 18.3 Å². The minimum Gasteiger partial charge on any atom is -0.490 e. The predicted molar refractivity (Wildman–Crippen MR) is 124 cm³/mol. The molecule has 12 heteroatoms. The SMILES string of the molecule is Cc1cc(CNC(=O)Nc2cc(C(F)(F)F)ccc2OCCN)ccc1Oc1ccnc(C(=O)O)c1. The van der Waals surface area contributed by atoms with Crippen molar-refractivity contribution in [3.63, 3.8) is 0 Å². The molecule has 0 atom stereocenters. The largest absolute Gasteiger partial charge is 0.490 e. The molecule has 3 aromatic rings. The smallest absolute Gasteiger partial charge is 0.416 e. The summed E-state index contributed by atoms with van der Waals surface area (Å²) in [6.45, 7) is 2.05. The Labute approximate surface area is 204 Å². The average molecular weight is 504 g/mol. The van der Waals surface area contributed by atoms with Crippen LogP contribution in [0.2, 0.25) is 0 Å². The molecule has 0 aliphatic carbocycles. The summed E-state index contributed by atoms with van der Waals surface area (Å²) in [5.74, 6) is -0.357. The third-order valence-corrected chi connectivity index (χ3v) is 4.80. The molecule has 0 unspecified atom stereocenters. The highest BCUT2D eigenvalue weighted by Gasteiger charge is 2.31. The number of carbonyl (C=O) groups excluding carboxylic acids is 1. The Hall–Kier alpha value is -4.32. The van der Waals surface area contributed by atoms with Crippen molar-refractivity contribution in [2.75, 3.05) is 18.5 Å². The number of aromatic carboxylic acids is 1. The van der Waals surface area contributed by atoms with Crippen molar-refractivity contribution in [1.29, 1.82) is 0 Å². The molecule has 1 heterocycles. The maximum atomic E-state index is 13.1. The lowest BCUT2D eigenvalue weighted by Gasteiger charge is -2.16. The summed E-state index contributed by atoms with van der Waals surface area (Å²) >= 11 is 0. The molecule has 2 amide bonds. The maximum absolute atomic E-state index is 13.1. The van der Waals surface area contributed by atoms with Gasteiger partial charge in [-0.15, -0.1) is 0 Å². The highest BCUT2D eigenvalue weighted by atomic mass is 19.4. The van der Waals surface area contributed by atoms with Crippen molar-refractivity contribution in [2.24, 2.45) is 5.73 Å². The number of carboxylic acids is 1. The molecule has 1 aromatic heterocycles. The van der Waals surface area contributed by atoms with Crippen LogP contribution in [0, 0.1) is 6.92 Å². The number of anilines is 1. The molecule has 0 saturated heterocycles. The maximum Gasteiger partial charge on any atom is 0.416 e. The van der Waals surface area contributed by atoms with E-state index >= 15 is 0 Å². The fourth-order valence-electron chi connectivity index (χ4n) is 3.10. The molecule has 0 radical (unpaired) electrons. The number of alkyl halides is 3. The second kappa shape index (κ2) is 11.4. The first-order chi connectivity index (χ1) is 17.1. The number of aryl methyl sites for hydroxylation is 1. The van der Waals surface area contributed by atoms with E-state index in [1.54, 1.807) is 25.1 Å². The van der Waals surface area contributed by atoms with Crippen LogP contribution in [0.1, 0.15) is 27.2 Å². The van der Waals surface area contributed by atoms with Crippen LogP contribution >= 0.6 is 0 Å². The molecular formula is C24H23F3N4O5. The number of nitrogens with one attached hydrogen (secondary N) is 2. The van der Waals surface area contributed by atoms with Gasteiger partial charge in [-0.25, -0.2) is 14.6 Å². The number of aromatic nitrogens is 1. The summed E-state index contributed by atoms with van der Waals surface area (Å²) in [5.41, 5.74) is 5.55. The number of nitrogens with zero attached hydrogens (tertiary/aromatic N) is 1. The van der Waals surface area contributed by atoms with Crippen LogP contribution in [0.3, 0.4) is 0 Å². The molecule has 5 N–H and O–H groups in total. The number of hydrogen-bond donors (Lipinski definition) is 4. The van der Waals surface area contributed by atoms with Gasteiger partial charge in [0, 0.05) is 25.4 Å². The summed E-state index contributed by atoms with van der Waals surface area (Å²) < 4.78 is 50.3. The monoisotopic (exact) mass is 504 g/mol. The number of urea groups is 1. The minimum absolute atomic E-state index is 0.0584. The summed E-state index contributed by atoms with van der Waals surface area (Å²) in [6.07, 6.45) is -3.27. The van der Waals surface area contributed by atoms with Crippen molar-refractivity contribution in [2.45, 2.75) is 19.6 Å². The molecule has 9 nitrogen and oxygen atoms in total. The van der Waals surface area contributed by atoms with Gasteiger partial charge in [-0.2, -0.15) is 13.2 Å². The van der Waals surface area contributed by atoms with Crippen molar-refractivity contribution >= 4 is 17.7 Å². The second-order valence-corrected chi connectivity index (χ2v) is 7.54. The topological polar surface area (TPSA) is 136 Å². The van der Waals surface area contributed by atoms with Crippen molar-refractivity contribution in [1.82, 2.24) is 10.3 Å². The lowest BCUT2D eigenvalue weighted by molar-refractivity contribution is -0.137. The van der Waals surface area contributed by atoms with E-state index < -0.39 is 23.7 Å². The first-order valence-corrected chi connectivity index (χ1v) is 10.6. The Bertz CT molecular complexity index is 1250. The molecule has 0 bridgehead atoms. The zero-order valence-corrected chi connectivity index (χ0v) is 19.1. The number of hydrogen-bond acceptors (Lipinski definition) is 6. The lowest BCUT2D eigenvalue weighted by Crippen LogP contribution is -2.28. The molecule has 0 aliphatic rings. The Balaban J connectivity index is 1.65. The second-order valence-electron chi connectivity index (χ2n) is 7.54. The quantitative estimate of drug-likeness (QED) is 0.335. The van der Waals surface area contributed by atoms with Gasteiger partial charge in [-0.1, -0.05) is 12.1 Å². The summed E-state index contributed by atoms with van der Waals surface area (Å²) in [4.78, 5) is 27.2. The zero-order chi connectivity index (χ0) is 26.3. The fourth-order valence-corrected chi connectivity index (χ4v) is 3.10. The van der Waals surface area contributed by atoms with Gasteiger partial charge in [0.25, 0.3) is 0 Å². The fraction of sp³-hybridized carbons (Fsp3) is 0.208. The molecule has 0 saturated carbocycles. The van der Waals surface area contributed by atoms with Crippen LogP contribution in [0.15, 0.2) is 54.7 Å².